The molecular weight excluding hydrogens is 322 g/mol. The largest absolute Gasteiger partial charge is 0.338 e. The zero-order valence-electron chi connectivity index (χ0n) is 15.1. The van der Waals surface area contributed by atoms with Crippen LogP contribution in [0.4, 0.5) is 0 Å². The van der Waals surface area contributed by atoms with Crippen molar-refractivity contribution >= 4 is 16.9 Å². The first-order valence-corrected chi connectivity index (χ1v) is 9.05. The lowest BCUT2D eigenvalue weighted by Crippen LogP contribution is -2.25. The maximum Gasteiger partial charge on any atom is 0.223 e. The first-order chi connectivity index (χ1) is 12.7. The molecule has 0 N–H and O–H groups in total. The van der Waals surface area contributed by atoms with Crippen molar-refractivity contribution in [3.05, 3.63) is 78.1 Å². The van der Waals surface area contributed by atoms with Gasteiger partial charge in [-0.3, -0.25) is 4.79 Å². The van der Waals surface area contributed by atoms with E-state index in [1.807, 2.05) is 23.1 Å². The lowest BCUT2D eigenvalue weighted by atomic mass is 10.1. The standard InChI is InChI=1S/C22H23N3O/c1-3-12-24-14-18(13-21(24)26)22-23-19-10-6-7-11-20(19)25(22)15-17-9-5-4-8-16(17)2/h3-11,18H,1,12-15H2,2H3/t18-/m1/s1. The summed E-state index contributed by atoms with van der Waals surface area (Å²) in [5.41, 5.74) is 4.67. The minimum atomic E-state index is 0.124. The van der Waals surface area contributed by atoms with E-state index in [9.17, 15) is 4.79 Å². The Morgan fingerprint density at radius 1 is 1.19 bits per heavy atom. The SMILES string of the molecule is C=CCN1C[C@H](c2nc3ccccc3n2Cc2ccccc2C)CC1=O. The Bertz CT molecular complexity index is 972. The van der Waals surface area contributed by atoms with Crippen molar-refractivity contribution in [1.82, 2.24) is 14.5 Å². The lowest BCUT2D eigenvalue weighted by Gasteiger charge is -2.16. The molecule has 1 aliphatic rings. The van der Waals surface area contributed by atoms with Gasteiger partial charge in [0.1, 0.15) is 5.82 Å². The predicted octanol–water partition coefficient (Wildman–Crippen LogP) is 3.89. The molecule has 4 nitrogen and oxygen atoms in total. The number of carbonyl (C=O) groups excluding carboxylic acids is 1. The highest BCUT2D eigenvalue weighted by Gasteiger charge is 2.33. The average Bonchev–Trinajstić information content (AvgIpc) is 3.18. The molecule has 2 heterocycles. The normalized spacial score (nSPS) is 17.2. The first-order valence-electron chi connectivity index (χ1n) is 9.05. The Morgan fingerprint density at radius 3 is 2.77 bits per heavy atom. The number of likely N-dealkylation sites (tertiary alicyclic amines) is 1. The number of amides is 1. The molecule has 0 aliphatic carbocycles. The summed E-state index contributed by atoms with van der Waals surface area (Å²) < 4.78 is 2.28. The molecule has 0 spiro atoms. The molecule has 0 saturated carbocycles. The van der Waals surface area contributed by atoms with Gasteiger partial charge in [0.15, 0.2) is 0 Å². The highest BCUT2D eigenvalue weighted by Crippen LogP contribution is 2.31. The Morgan fingerprint density at radius 2 is 1.96 bits per heavy atom. The number of hydrogen-bond donors (Lipinski definition) is 0. The van der Waals surface area contributed by atoms with Crippen molar-refractivity contribution in [2.24, 2.45) is 0 Å². The number of rotatable bonds is 5. The van der Waals surface area contributed by atoms with Crippen molar-refractivity contribution < 1.29 is 4.79 Å². The molecule has 0 unspecified atom stereocenters. The Balaban J connectivity index is 1.76. The fraction of sp³-hybridized carbons (Fsp3) is 0.273. The van der Waals surface area contributed by atoms with Gasteiger partial charge in [-0.05, 0) is 30.2 Å². The number of aromatic nitrogens is 2. The van der Waals surface area contributed by atoms with E-state index in [1.165, 1.54) is 11.1 Å². The van der Waals surface area contributed by atoms with Gasteiger partial charge in [0.2, 0.25) is 5.91 Å². The summed E-state index contributed by atoms with van der Waals surface area (Å²) in [6, 6.07) is 16.7. The second-order valence-electron chi connectivity index (χ2n) is 6.96. The summed E-state index contributed by atoms with van der Waals surface area (Å²) >= 11 is 0. The number of aryl methyl sites for hydroxylation is 1. The number of nitrogens with zero attached hydrogens (tertiary/aromatic N) is 3. The van der Waals surface area contributed by atoms with Crippen LogP contribution >= 0.6 is 0 Å². The van der Waals surface area contributed by atoms with Crippen LogP contribution < -0.4 is 0 Å². The fourth-order valence-corrected chi connectivity index (χ4v) is 3.81. The number of hydrogen-bond acceptors (Lipinski definition) is 2. The van der Waals surface area contributed by atoms with E-state index >= 15 is 0 Å². The molecule has 0 bridgehead atoms. The molecule has 1 aromatic heterocycles. The van der Waals surface area contributed by atoms with E-state index in [-0.39, 0.29) is 11.8 Å². The molecule has 1 fully saturated rings. The summed E-state index contributed by atoms with van der Waals surface area (Å²) in [4.78, 5) is 19.1. The average molecular weight is 345 g/mol. The minimum absolute atomic E-state index is 0.124. The van der Waals surface area contributed by atoms with Gasteiger partial charge < -0.3 is 9.47 Å². The third-order valence-electron chi connectivity index (χ3n) is 5.20. The molecule has 26 heavy (non-hydrogen) atoms. The van der Waals surface area contributed by atoms with Gasteiger partial charge in [-0.15, -0.1) is 6.58 Å². The Labute approximate surface area is 153 Å². The zero-order valence-corrected chi connectivity index (χ0v) is 15.1. The summed E-state index contributed by atoms with van der Waals surface area (Å²) in [6.07, 6.45) is 2.31. The highest BCUT2D eigenvalue weighted by atomic mass is 16.2. The van der Waals surface area contributed by atoms with Gasteiger partial charge in [-0.2, -0.15) is 0 Å². The van der Waals surface area contributed by atoms with E-state index in [1.54, 1.807) is 6.08 Å². The Hall–Kier alpha value is -2.88. The van der Waals surface area contributed by atoms with Gasteiger partial charge in [0.25, 0.3) is 0 Å². The predicted molar refractivity (Wildman–Crippen MR) is 104 cm³/mol. The fourth-order valence-electron chi connectivity index (χ4n) is 3.81. The van der Waals surface area contributed by atoms with Crippen molar-refractivity contribution in [1.29, 1.82) is 0 Å². The third kappa shape index (κ3) is 2.92. The van der Waals surface area contributed by atoms with Crippen molar-refractivity contribution in [3.8, 4) is 0 Å². The number of benzene rings is 2. The van der Waals surface area contributed by atoms with Crippen LogP contribution in [0.25, 0.3) is 11.0 Å². The number of para-hydroxylation sites is 2. The monoisotopic (exact) mass is 345 g/mol. The molecule has 132 valence electrons. The number of imidazole rings is 1. The van der Waals surface area contributed by atoms with E-state index in [4.69, 9.17) is 4.98 Å². The van der Waals surface area contributed by atoms with E-state index in [2.05, 4.69) is 48.4 Å². The molecule has 1 saturated heterocycles. The van der Waals surface area contributed by atoms with Crippen LogP contribution in [0.15, 0.2) is 61.2 Å². The van der Waals surface area contributed by atoms with Gasteiger partial charge in [0.05, 0.1) is 11.0 Å². The lowest BCUT2D eigenvalue weighted by molar-refractivity contribution is -0.127. The Kier molecular flexibility index (Phi) is 4.33. The smallest absolute Gasteiger partial charge is 0.223 e. The molecule has 1 aliphatic heterocycles. The zero-order chi connectivity index (χ0) is 18.1. The quantitative estimate of drug-likeness (QED) is 0.658. The highest BCUT2D eigenvalue weighted by molar-refractivity contribution is 5.81. The van der Waals surface area contributed by atoms with Crippen LogP contribution in [0.3, 0.4) is 0 Å². The summed E-state index contributed by atoms with van der Waals surface area (Å²) in [5, 5.41) is 0. The van der Waals surface area contributed by atoms with Crippen LogP contribution in [-0.4, -0.2) is 33.4 Å². The van der Waals surface area contributed by atoms with Crippen LogP contribution in [0, 0.1) is 6.92 Å². The molecule has 3 aromatic rings. The molecular formula is C22H23N3O. The van der Waals surface area contributed by atoms with Gasteiger partial charge >= 0.3 is 0 Å². The molecule has 4 rings (SSSR count). The van der Waals surface area contributed by atoms with E-state index in [0.29, 0.717) is 19.5 Å². The number of carbonyl (C=O) groups is 1. The van der Waals surface area contributed by atoms with Crippen molar-refractivity contribution in [2.45, 2.75) is 25.8 Å². The summed E-state index contributed by atoms with van der Waals surface area (Å²) in [5.74, 6) is 1.32. The first kappa shape index (κ1) is 16.6. The second kappa shape index (κ2) is 6.79. The van der Waals surface area contributed by atoms with Crippen molar-refractivity contribution in [2.75, 3.05) is 13.1 Å². The summed E-state index contributed by atoms with van der Waals surface area (Å²) in [7, 11) is 0. The maximum absolute atomic E-state index is 12.3. The molecule has 0 radical (unpaired) electrons. The third-order valence-corrected chi connectivity index (χ3v) is 5.20. The van der Waals surface area contributed by atoms with Crippen LogP contribution in [0.5, 0.6) is 0 Å². The topological polar surface area (TPSA) is 38.1 Å². The van der Waals surface area contributed by atoms with Crippen LogP contribution in [0.1, 0.15) is 29.3 Å². The molecule has 2 aromatic carbocycles. The van der Waals surface area contributed by atoms with E-state index < -0.39 is 0 Å². The van der Waals surface area contributed by atoms with Gasteiger partial charge in [0, 0.05) is 32.0 Å². The van der Waals surface area contributed by atoms with Gasteiger partial charge in [-0.25, -0.2) is 4.98 Å². The molecule has 4 heteroatoms. The molecule has 1 atom stereocenters. The van der Waals surface area contributed by atoms with Crippen LogP contribution in [-0.2, 0) is 11.3 Å². The van der Waals surface area contributed by atoms with Crippen LogP contribution in [0.2, 0.25) is 0 Å². The van der Waals surface area contributed by atoms with Crippen molar-refractivity contribution in [3.63, 3.8) is 0 Å². The molecule has 1 amide bonds. The minimum Gasteiger partial charge on any atom is -0.338 e. The van der Waals surface area contributed by atoms with E-state index in [0.717, 1.165) is 23.4 Å². The maximum atomic E-state index is 12.3. The van der Waals surface area contributed by atoms with Gasteiger partial charge in [-0.1, -0.05) is 42.5 Å². The number of fused-ring (bicyclic) bond motifs is 1. The summed E-state index contributed by atoms with van der Waals surface area (Å²) in [6.45, 7) is 7.98. The second-order valence-corrected chi connectivity index (χ2v) is 6.96.